The molecule has 0 unspecified atom stereocenters. The summed E-state index contributed by atoms with van der Waals surface area (Å²) in [5.74, 6) is 1.20. The number of rotatable bonds is 1. The van der Waals surface area contributed by atoms with Gasteiger partial charge in [0.25, 0.3) is 0 Å². The second-order valence-corrected chi connectivity index (χ2v) is 5.13. The smallest absolute Gasteiger partial charge is 0.135 e. The number of anilines is 1. The molecule has 0 bridgehead atoms. The molecule has 2 heterocycles. The highest BCUT2D eigenvalue weighted by atomic mass is 15.2. The average molecular weight is 232 g/mol. The van der Waals surface area contributed by atoms with Crippen LogP contribution in [0.5, 0.6) is 0 Å². The van der Waals surface area contributed by atoms with Gasteiger partial charge in [-0.25, -0.2) is 9.97 Å². The minimum atomic E-state index is 0.554. The summed E-state index contributed by atoms with van der Waals surface area (Å²) >= 11 is 0. The van der Waals surface area contributed by atoms with Crippen molar-refractivity contribution in [3.05, 3.63) is 17.6 Å². The Morgan fingerprint density at radius 3 is 3.06 bits per heavy atom. The number of nitrogens with one attached hydrogen (secondary N) is 1. The van der Waals surface area contributed by atoms with E-state index in [1.807, 2.05) is 0 Å². The lowest BCUT2D eigenvalue weighted by Crippen LogP contribution is -2.50. The molecule has 0 saturated carbocycles. The summed E-state index contributed by atoms with van der Waals surface area (Å²) in [7, 11) is 0. The van der Waals surface area contributed by atoms with E-state index in [1.54, 1.807) is 6.33 Å². The zero-order chi connectivity index (χ0) is 11.7. The molecule has 0 amide bonds. The Balaban J connectivity index is 1.91. The number of fused-ring (bicyclic) bond motifs is 1. The van der Waals surface area contributed by atoms with Crippen molar-refractivity contribution < 1.29 is 0 Å². The van der Waals surface area contributed by atoms with E-state index in [4.69, 9.17) is 0 Å². The van der Waals surface area contributed by atoms with Crippen LogP contribution in [0.4, 0.5) is 5.82 Å². The van der Waals surface area contributed by atoms with Crippen LogP contribution in [0.2, 0.25) is 0 Å². The molecule has 4 heteroatoms. The zero-order valence-corrected chi connectivity index (χ0v) is 10.4. The molecule has 17 heavy (non-hydrogen) atoms. The van der Waals surface area contributed by atoms with Crippen LogP contribution in [0.25, 0.3) is 0 Å². The van der Waals surface area contributed by atoms with E-state index < -0.39 is 0 Å². The van der Waals surface area contributed by atoms with Crippen LogP contribution in [0.3, 0.4) is 0 Å². The van der Waals surface area contributed by atoms with Crippen molar-refractivity contribution in [1.29, 1.82) is 0 Å². The molecule has 0 aromatic carbocycles. The number of hydrogen-bond acceptors (Lipinski definition) is 4. The number of aryl methyl sites for hydroxylation is 1. The molecule has 1 atom stereocenters. The number of piperazine rings is 1. The van der Waals surface area contributed by atoms with E-state index >= 15 is 0 Å². The normalized spacial score (nSPS) is 24.5. The maximum absolute atomic E-state index is 4.54. The first-order valence-corrected chi connectivity index (χ1v) is 6.65. The fraction of sp³-hybridized carbons (Fsp3) is 0.692. The third kappa shape index (κ3) is 2.14. The lowest BCUT2D eigenvalue weighted by Gasteiger charge is -2.34. The highest BCUT2D eigenvalue weighted by Gasteiger charge is 2.22. The van der Waals surface area contributed by atoms with E-state index in [0.717, 1.165) is 32.5 Å². The van der Waals surface area contributed by atoms with Gasteiger partial charge in [0.05, 0.1) is 0 Å². The van der Waals surface area contributed by atoms with Crippen molar-refractivity contribution in [2.45, 2.75) is 38.6 Å². The minimum absolute atomic E-state index is 0.554. The predicted octanol–water partition coefficient (Wildman–Crippen LogP) is 1.15. The van der Waals surface area contributed by atoms with Gasteiger partial charge in [0, 0.05) is 36.9 Å². The van der Waals surface area contributed by atoms with E-state index in [9.17, 15) is 0 Å². The van der Waals surface area contributed by atoms with Crippen LogP contribution >= 0.6 is 0 Å². The van der Waals surface area contributed by atoms with Crippen molar-refractivity contribution in [2.24, 2.45) is 0 Å². The van der Waals surface area contributed by atoms with E-state index in [2.05, 4.69) is 27.1 Å². The second kappa shape index (κ2) is 4.61. The van der Waals surface area contributed by atoms with Crippen LogP contribution < -0.4 is 10.2 Å². The maximum Gasteiger partial charge on any atom is 0.135 e. The lowest BCUT2D eigenvalue weighted by atomic mass is 9.96. The van der Waals surface area contributed by atoms with Crippen LogP contribution in [-0.2, 0) is 12.8 Å². The van der Waals surface area contributed by atoms with Gasteiger partial charge in [-0.15, -0.1) is 0 Å². The second-order valence-electron chi connectivity index (χ2n) is 5.13. The summed E-state index contributed by atoms with van der Waals surface area (Å²) in [5, 5.41) is 3.48. The van der Waals surface area contributed by atoms with Crippen LogP contribution in [0, 0.1) is 0 Å². The summed E-state index contributed by atoms with van der Waals surface area (Å²) in [6, 6.07) is 0.554. The molecular formula is C13H20N4. The van der Waals surface area contributed by atoms with Gasteiger partial charge in [0.1, 0.15) is 12.1 Å². The quantitative estimate of drug-likeness (QED) is 0.788. The molecule has 2 aliphatic rings. The third-order valence-electron chi connectivity index (χ3n) is 3.77. The van der Waals surface area contributed by atoms with E-state index in [1.165, 1.54) is 29.9 Å². The van der Waals surface area contributed by atoms with Gasteiger partial charge in [-0.05, 0) is 32.6 Å². The lowest BCUT2D eigenvalue weighted by molar-refractivity contribution is 0.480. The number of nitrogens with zero attached hydrogens (tertiary/aromatic N) is 3. The Labute approximate surface area is 102 Å². The molecule has 1 aliphatic heterocycles. The number of hydrogen-bond donors (Lipinski definition) is 1. The van der Waals surface area contributed by atoms with E-state index in [0.29, 0.717) is 6.04 Å². The van der Waals surface area contributed by atoms with Crippen molar-refractivity contribution in [3.63, 3.8) is 0 Å². The average Bonchev–Trinajstić information content (AvgIpc) is 2.38. The van der Waals surface area contributed by atoms with Crippen LogP contribution in [0.1, 0.15) is 31.0 Å². The molecule has 1 aliphatic carbocycles. The molecule has 0 radical (unpaired) electrons. The molecule has 3 rings (SSSR count). The summed E-state index contributed by atoms with van der Waals surface area (Å²) in [4.78, 5) is 11.4. The first kappa shape index (κ1) is 11.0. The van der Waals surface area contributed by atoms with Crippen molar-refractivity contribution in [1.82, 2.24) is 15.3 Å². The fourth-order valence-corrected chi connectivity index (χ4v) is 2.90. The van der Waals surface area contributed by atoms with Gasteiger partial charge in [0.2, 0.25) is 0 Å². The molecule has 0 spiro atoms. The number of aromatic nitrogens is 2. The van der Waals surface area contributed by atoms with Gasteiger partial charge < -0.3 is 10.2 Å². The highest BCUT2D eigenvalue weighted by molar-refractivity contribution is 5.50. The molecule has 1 N–H and O–H groups in total. The van der Waals surface area contributed by atoms with Gasteiger partial charge in [-0.1, -0.05) is 0 Å². The predicted molar refractivity (Wildman–Crippen MR) is 68.4 cm³/mol. The first-order valence-electron chi connectivity index (χ1n) is 6.65. The third-order valence-corrected chi connectivity index (χ3v) is 3.77. The highest BCUT2D eigenvalue weighted by Crippen LogP contribution is 2.27. The van der Waals surface area contributed by atoms with Crippen LogP contribution in [0.15, 0.2) is 6.33 Å². The molecule has 92 valence electrons. The van der Waals surface area contributed by atoms with Gasteiger partial charge in [-0.2, -0.15) is 0 Å². The Hall–Kier alpha value is -1.16. The molecule has 1 aromatic heterocycles. The Bertz CT molecular complexity index is 404. The molecule has 4 nitrogen and oxygen atoms in total. The fourth-order valence-electron chi connectivity index (χ4n) is 2.90. The molecule has 1 fully saturated rings. The summed E-state index contributed by atoms with van der Waals surface area (Å²) in [6.45, 7) is 5.41. The SMILES string of the molecule is C[C@H]1CN(c2ncnc3c2CCCC3)CCN1. The van der Waals surface area contributed by atoms with Crippen molar-refractivity contribution in [2.75, 3.05) is 24.5 Å². The monoisotopic (exact) mass is 232 g/mol. The van der Waals surface area contributed by atoms with Gasteiger partial charge in [0.15, 0.2) is 0 Å². The van der Waals surface area contributed by atoms with E-state index in [-0.39, 0.29) is 0 Å². The van der Waals surface area contributed by atoms with Gasteiger partial charge >= 0.3 is 0 Å². The summed E-state index contributed by atoms with van der Waals surface area (Å²) < 4.78 is 0. The molecule has 1 aromatic rings. The first-order chi connectivity index (χ1) is 8.34. The topological polar surface area (TPSA) is 41.1 Å². The molecular weight excluding hydrogens is 212 g/mol. The van der Waals surface area contributed by atoms with Crippen LogP contribution in [-0.4, -0.2) is 35.6 Å². The largest absolute Gasteiger partial charge is 0.353 e. The minimum Gasteiger partial charge on any atom is -0.353 e. The van der Waals surface area contributed by atoms with Crippen molar-refractivity contribution in [3.8, 4) is 0 Å². The van der Waals surface area contributed by atoms with Gasteiger partial charge in [-0.3, -0.25) is 0 Å². The molecule has 1 saturated heterocycles. The standard InChI is InChI=1S/C13H20N4/c1-10-8-17(7-6-14-10)13-11-4-2-3-5-12(11)15-9-16-13/h9-10,14H,2-8H2,1H3/t10-/m0/s1. The Morgan fingerprint density at radius 1 is 1.29 bits per heavy atom. The zero-order valence-electron chi connectivity index (χ0n) is 10.4. The summed E-state index contributed by atoms with van der Waals surface area (Å²) in [6.07, 6.45) is 6.60. The van der Waals surface area contributed by atoms with Crippen molar-refractivity contribution >= 4 is 5.82 Å². The maximum atomic E-state index is 4.54. The Kier molecular flexibility index (Phi) is 2.97. The summed E-state index contributed by atoms with van der Waals surface area (Å²) in [5.41, 5.74) is 2.69. The Morgan fingerprint density at radius 2 is 2.18 bits per heavy atom.